The highest BCUT2D eigenvalue weighted by Gasteiger charge is 2.06. The van der Waals surface area contributed by atoms with Gasteiger partial charge < -0.3 is 5.11 Å². The summed E-state index contributed by atoms with van der Waals surface area (Å²) in [4.78, 5) is 0. The Labute approximate surface area is 64.5 Å². The summed E-state index contributed by atoms with van der Waals surface area (Å²) in [5, 5.41) is 9.31. The largest absolute Gasteiger partial charge is 0.393 e. The van der Waals surface area contributed by atoms with E-state index >= 15 is 0 Å². The van der Waals surface area contributed by atoms with Crippen LogP contribution in [0.25, 0.3) is 0 Å². The van der Waals surface area contributed by atoms with Crippen molar-refractivity contribution in [2.75, 3.05) is 0 Å². The molecule has 0 aromatic carbocycles. The predicted octanol–water partition coefficient (Wildman–Crippen LogP) is 2.40. The van der Waals surface area contributed by atoms with Gasteiger partial charge in [-0.2, -0.15) is 0 Å². The number of hydrogen-bond acceptors (Lipinski definition) is 1. The fourth-order valence-corrected chi connectivity index (χ4v) is 1.00. The van der Waals surface area contributed by atoms with E-state index in [1.54, 1.807) is 0 Å². The van der Waals surface area contributed by atoms with Crippen LogP contribution in [0.5, 0.6) is 0 Å². The van der Waals surface area contributed by atoms with Crippen molar-refractivity contribution < 1.29 is 5.11 Å². The quantitative estimate of drug-likeness (QED) is 0.626. The maximum absolute atomic E-state index is 9.31. The minimum Gasteiger partial charge on any atom is -0.393 e. The van der Waals surface area contributed by atoms with Crippen molar-refractivity contribution in [3.63, 3.8) is 0 Å². The highest BCUT2D eigenvalue weighted by Crippen LogP contribution is 2.12. The third-order valence-corrected chi connectivity index (χ3v) is 1.80. The van der Waals surface area contributed by atoms with E-state index < -0.39 is 0 Å². The molecule has 2 unspecified atom stereocenters. The molecule has 1 N–H and O–H groups in total. The molecule has 0 heterocycles. The summed E-state index contributed by atoms with van der Waals surface area (Å²) in [7, 11) is 0. The van der Waals surface area contributed by atoms with Crippen molar-refractivity contribution >= 4 is 0 Å². The molecule has 0 fully saturated rings. The van der Waals surface area contributed by atoms with Gasteiger partial charge in [-0.05, 0) is 18.8 Å². The van der Waals surface area contributed by atoms with Gasteiger partial charge in [0.25, 0.3) is 0 Å². The van der Waals surface area contributed by atoms with Crippen LogP contribution in [0.3, 0.4) is 0 Å². The lowest BCUT2D eigenvalue weighted by Crippen LogP contribution is -2.10. The monoisotopic (exact) mass is 143 g/mol. The summed E-state index contributed by atoms with van der Waals surface area (Å²) in [6.45, 7) is 8.12. The molecule has 0 aliphatic carbocycles. The van der Waals surface area contributed by atoms with E-state index in [0.717, 1.165) is 25.7 Å². The summed E-state index contributed by atoms with van der Waals surface area (Å²) in [6, 6.07) is 0. The van der Waals surface area contributed by atoms with Gasteiger partial charge in [0, 0.05) is 0 Å². The molecule has 0 spiro atoms. The Morgan fingerprint density at radius 3 is 2.40 bits per heavy atom. The van der Waals surface area contributed by atoms with E-state index in [9.17, 15) is 5.11 Å². The maximum atomic E-state index is 9.31. The molecule has 1 nitrogen and oxygen atoms in total. The highest BCUT2D eigenvalue weighted by atomic mass is 16.3. The summed E-state index contributed by atoms with van der Waals surface area (Å²) in [5.74, 6) is 0.432. The Hall–Kier alpha value is -0.0400. The lowest BCUT2D eigenvalue weighted by Gasteiger charge is -2.13. The minimum atomic E-state index is -0.118. The van der Waals surface area contributed by atoms with Crippen molar-refractivity contribution in [2.24, 2.45) is 5.92 Å². The third kappa shape index (κ3) is 4.80. The molecular formula is C9H19O. The van der Waals surface area contributed by atoms with Crippen LogP contribution in [0.1, 0.15) is 39.5 Å². The number of rotatable bonds is 5. The molecule has 0 aliphatic heterocycles. The predicted molar refractivity (Wildman–Crippen MR) is 44.7 cm³/mol. The fraction of sp³-hybridized carbons (Fsp3) is 0.889. The van der Waals surface area contributed by atoms with Crippen molar-refractivity contribution in [1.29, 1.82) is 0 Å². The van der Waals surface area contributed by atoms with Gasteiger partial charge in [-0.15, -0.1) is 0 Å². The molecular weight excluding hydrogens is 124 g/mol. The van der Waals surface area contributed by atoms with Gasteiger partial charge in [0.1, 0.15) is 0 Å². The van der Waals surface area contributed by atoms with E-state index in [-0.39, 0.29) is 6.10 Å². The van der Waals surface area contributed by atoms with Gasteiger partial charge >= 0.3 is 0 Å². The second kappa shape index (κ2) is 5.72. The van der Waals surface area contributed by atoms with Crippen LogP contribution < -0.4 is 0 Å². The van der Waals surface area contributed by atoms with Gasteiger partial charge in [-0.1, -0.05) is 33.6 Å². The third-order valence-electron chi connectivity index (χ3n) is 1.80. The first-order chi connectivity index (χ1) is 4.70. The maximum Gasteiger partial charge on any atom is 0.0542 e. The van der Waals surface area contributed by atoms with Gasteiger partial charge in [0.2, 0.25) is 0 Å². The Bertz CT molecular complexity index is 71.1. The van der Waals surface area contributed by atoms with Crippen molar-refractivity contribution in [3.8, 4) is 0 Å². The van der Waals surface area contributed by atoms with E-state index in [0.29, 0.717) is 5.92 Å². The summed E-state index contributed by atoms with van der Waals surface area (Å²) >= 11 is 0. The van der Waals surface area contributed by atoms with Crippen LogP contribution in [0.2, 0.25) is 0 Å². The topological polar surface area (TPSA) is 20.2 Å². The lowest BCUT2D eigenvalue weighted by atomic mass is 9.99. The normalized spacial score (nSPS) is 16.8. The van der Waals surface area contributed by atoms with Crippen LogP contribution in [0, 0.1) is 12.8 Å². The molecule has 10 heavy (non-hydrogen) atoms. The molecule has 0 saturated carbocycles. The molecule has 0 saturated heterocycles. The van der Waals surface area contributed by atoms with Gasteiger partial charge in [0.05, 0.1) is 6.10 Å². The zero-order valence-electron chi connectivity index (χ0n) is 7.14. The minimum absolute atomic E-state index is 0.118. The van der Waals surface area contributed by atoms with Crippen molar-refractivity contribution in [3.05, 3.63) is 6.92 Å². The highest BCUT2D eigenvalue weighted by molar-refractivity contribution is 4.64. The van der Waals surface area contributed by atoms with Gasteiger partial charge in [-0.3, -0.25) is 0 Å². The molecule has 0 bridgehead atoms. The van der Waals surface area contributed by atoms with E-state index in [4.69, 9.17) is 0 Å². The molecule has 0 aliphatic rings. The van der Waals surface area contributed by atoms with Crippen molar-refractivity contribution in [1.82, 2.24) is 0 Å². The standard InChI is InChI=1S/C9H19O/c1-4-6-9(10)7-8(3)5-2/h8-10H,3-7H2,1-2H3. The zero-order chi connectivity index (χ0) is 7.98. The Kier molecular flexibility index (Phi) is 5.70. The first-order valence-electron chi connectivity index (χ1n) is 4.21. The summed E-state index contributed by atoms with van der Waals surface area (Å²) in [5.41, 5.74) is 0. The van der Waals surface area contributed by atoms with Crippen LogP contribution in [-0.4, -0.2) is 11.2 Å². The molecule has 61 valence electrons. The van der Waals surface area contributed by atoms with Crippen molar-refractivity contribution in [2.45, 2.75) is 45.6 Å². The molecule has 0 amide bonds. The first kappa shape index (κ1) is 9.96. The van der Waals surface area contributed by atoms with E-state index in [1.165, 1.54) is 0 Å². The molecule has 0 aromatic rings. The Morgan fingerprint density at radius 1 is 1.40 bits per heavy atom. The molecule has 0 aromatic heterocycles. The average molecular weight is 143 g/mol. The van der Waals surface area contributed by atoms with E-state index in [1.807, 2.05) is 0 Å². The zero-order valence-corrected chi connectivity index (χ0v) is 7.14. The number of aliphatic hydroxyl groups excluding tert-OH is 1. The van der Waals surface area contributed by atoms with Crippen LogP contribution in [0.15, 0.2) is 0 Å². The second-order valence-electron chi connectivity index (χ2n) is 2.95. The molecule has 1 radical (unpaired) electrons. The van der Waals surface area contributed by atoms with Crippen LogP contribution in [-0.2, 0) is 0 Å². The van der Waals surface area contributed by atoms with Gasteiger partial charge in [-0.25, -0.2) is 0 Å². The summed E-state index contributed by atoms with van der Waals surface area (Å²) < 4.78 is 0. The van der Waals surface area contributed by atoms with Gasteiger partial charge in [0.15, 0.2) is 0 Å². The molecule has 2 atom stereocenters. The number of aliphatic hydroxyl groups is 1. The molecule has 1 heteroatoms. The van der Waals surface area contributed by atoms with Crippen LogP contribution in [0.4, 0.5) is 0 Å². The fourth-order valence-electron chi connectivity index (χ4n) is 1.00. The number of hydrogen-bond donors (Lipinski definition) is 1. The SMILES string of the molecule is [CH2]C(CC)CC(O)CCC. The van der Waals surface area contributed by atoms with E-state index in [2.05, 4.69) is 20.8 Å². The first-order valence-corrected chi connectivity index (χ1v) is 4.21. The second-order valence-corrected chi connectivity index (χ2v) is 2.95. The Balaban J connectivity index is 3.27. The smallest absolute Gasteiger partial charge is 0.0542 e. The summed E-state index contributed by atoms with van der Waals surface area (Å²) in [6.07, 6.45) is 3.81. The van der Waals surface area contributed by atoms with Crippen LogP contribution >= 0.6 is 0 Å². The average Bonchev–Trinajstić information content (AvgIpc) is 1.88. The molecule has 0 rings (SSSR count). The lowest BCUT2D eigenvalue weighted by molar-refractivity contribution is 0.139. The Morgan fingerprint density at radius 2 is 2.00 bits per heavy atom.